The minimum Gasteiger partial charge on any atom is -0.325 e. The van der Waals surface area contributed by atoms with Gasteiger partial charge >= 0.3 is 0 Å². The van der Waals surface area contributed by atoms with E-state index in [9.17, 15) is 4.79 Å². The molecule has 2 bridgehead atoms. The summed E-state index contributed by atoms with van der Waals surface area (Å²) < 4.78 is 0. The lowest BCUT2D eigenvalue weighted by atomic mass is 9.88. The number of fused-ring (bicyclic) bond motifs is 2. The molecule has 0 aromatic heterocycles. The fourth-order valence-electron chi connectivity index (χ4n) is 4.25. The van der Waals surface area contributed by atoms with Gasteiger partial charge in [0.25, 0.3) is 0 Å². The second-order valence-corrected chi connectivity index (χ2v) is 6.68. The minimum absolute atomic E-state index is 0.218. The quantitative estimate of drug-likeness (QED) is 0.870. The molecule has 0 aliphatic heterocycles. The van der Waals surface area contributed by atoms with Crippen LogP contribution < -0.4 is 5.32 Å². The Labute approximate surface area is 131 Å². The molecule has 1 N–H and O–H groups in total. The third kappa shape index (κ3) is 2.43. The van der Waals surface area contributed by atoms with E-state index in [1.54, 1.807) is 0 Å². The summed E-state index contributed by atoms with van der Waals surface area (Å²) >= 11 is 0. The highest BCUT2D eigenvalue weighted by atomic mass is 16.1. The Morgan fingerprint density at radius 2 is 1.68 bits per heavy atom. The summed E-state index contributed by atoms with van der Waals surface area (Å²) in [6.07, 6.45) is 4.92. The fraction of sp³-hybridized carbons (Fsp3) is 0.350. The molecule has 2 aromatic carbocycles. The smallest absolute Gasteiger partial charge is 0.227 e. The second kappa shape index (κ2) is 5.60. The van der Waals surface area contributed by atoms with Gasteiger partial charge in [0, 0.05) is 17.2 Å². The van der Waals surface area contributed by atoms with Crippen LogP contribution in [-0.2, 0) is 4.79 Å². The van der Waals surface area contributed by atoms with Crippen molar-refractivity contribution in [1.82, 2.24) is 0 Å². The SMILES string of the molecule is O=C(Nc1ccccc1-c1ccccc1)C1CC2CCC1C2. The molecular weight excluding hydrogens is 270 g/mol. The Balaban J connectivity index is 1.57. The monoisotopic (exact) mass is 291 g/mol. The Bertz CT molecular complexity index is 679. The molecule has 3 atom stereocenters. The first-order valence-corrected chi connectivity index (χ1v) is 8.26. The zero-order chi connectivity index (χ0) is 14.9. The van der Waals surface area contributed by atoms with Crippen LogP contribution in [0.5, 0.6) is 0 Å². The number of anilines is 1. The highest BCUT2D eigenvalue weighted by molar-refractivity contribution is 5.97. The van der Waals surface area contributed by atoms with Crippen molar-refractivity contribution in [3.8, 4) is 11.1 Å². The van der Waals surface area contributed by atoms with Gasteiger partial charge in [-0.15, -0.1) is 0 Å². The summed E-state index contributed by atoms with van der Waals surface area (Å²) in [7, 11) is 0. The predicted octanol–water partition coefficient (Wildman–Crippen LogP) is 4.73. The van der Waals surface area contributed by atoms with Crippen molar-refractivity contribution in [1.29, 1.82) is 0 Å². The Kier molecular flexibility index (Phi) is 3.45. The topological polar surface area (TPSA) is 29.1 Å². The molecule has 2 aliphatic carbocycles. The molecular formula is C20H21NO. The zero-order valence-corrected chi connectivity index (χ0v) is 12.7. The maximum Gasteiger partial charge on any atom is 0.227 e. The maximum absolute atomic E-state index is 12.7. The molecule has 0 radical (unpaired) electrons. The van der Waals surface area contributed by atoms with Crippen molar-refractivity contribution >= 4 is 11.6 Å². The second-order valence-electron chi connectivity index (χ2n) is 6.68. The summed E-state index contributed by atoms with van der Waals surface area (Å²) in [6.45, 7) is 0. The highest BCUT2D eigenvalue weighted by Crippen LogP contribution is 2.48. The molecule has 1 amide bonds. The van der Waals surface area contributed by atoms with Gasteiger partial charge in [0.05, 0.1) is 0 Å². The third-order valence-electron chi connectivity index (χ3n) is 5.34. The van der Waals surface area contributed by atoms with E-state index in [2.05, 4.69) is 23.5 Å². The number of carbonyl (C=O) groups excluding carboxylic acids is 1. The van der Waals surface area contributed by atoms with Gasteiger partial charge in [-0.2, -0.15) is 0 Å². The van der Waals surface area contributed by atoms with Crippen molar-refractivity contribution in [2.45, 2.75) is 25.7 Å². The lowest BCUT2D eigenvalue weighted by Gasteiger charge is -2.21. The molecule has 0 heterocycles. The number of amides is 1. The van der Waals surface area contributed by atoms with Crippen molar-refractivity contribution in [3.63, 3.8) is 0 Å². The van der Waals surface area contributed by atoms with Gasteiger partial charge in [-0.1, -0.05) is 55.0 Å². The molecule has 0 spiro atoms. The van der Waals surface area contributed by atoms with Gasteiger partial charge < -0.3 is 5.32 Å². The predicted molar refractivity (Wildman–Crippen MR) is 89.4 cm³/mol. The third-order valence-corrected chi connectivity index (χ3v) is 5.34. The first-order chi connectivity index (χ1) is 10.8. The summed E-state index contributed by atoms with van der Waals surface area (Å²) in [5.41, 5.74) is 3.17. The van der Waals surface area contributed by atoms with Gasteiger partial charge in [-0.05, 0) is 42.7 Å². The Hall–Kier alpha value is -2.09. The van der Waals surface area contributed by atoms with Gasteiger partial charge in [-0.25, -0.2) is 0 Å². The normalized spacial score (nSPS) is 26.1. The van der Waals surface area contributed by atoms with E-state index >= 15 is 0 Å². The molecule has 2 fully saturated rings. The number of nitrogens with one attached hydrogen (secondary N) is 1. The summed E-state index contributed by atoms with van der Waals surface area (Å²) in [5, 5.41) is 3.20. The molecule has 112 valence electrons. The molecule has 2 heteroatoms. The molecule has 2 nitrogen and oxygen atoms in total. The van der Waals surface area contributed by atoms with Crippen molar-refractivity contribution < 1.29 is 4.79 Å². The molecule has 22 heavy (non-hydrogen) atoms. The zero-order valence-electron chi connectivity index (χ0n) is 12.7. The Morgan fingerprint density at radius 3 is 2.41 bits per heavy atom. The van der Waals surface area contributed by atoms with Gasteiger partial charge in [-0.3, -0.25) is 4.79 Å². The van der Waals surface area contributed by atoms with Crippen molar-refractivity contribution in [2.24, 2.45) is 17.8 Å². The van der Waals surface area contributed by atoms with Crippen LogP contribution in [0, 0.1) is 17.8 Å². The number of carbonyl (C=O) groups is 1. The van der Waals surface area contributed by atoms with E-state index in [-0.39, 0.29) is 11.8 Å². The first kappa shape index (κ1) is 13.6. The van der Waals surface area contributed by atoms with E-state index in [0.29, 0.717) is 5.92 Å². The number of benzene rings is 2. The lowest BCUT2D eigenvalue weighted by molar-refractivity contribution is -0.121. The van der Waals surface area contributed by atoms with Crippen LogP contribution in [0.4, 0.5) is 5.69 Å². The average molecular weight is 291 g/mol. The first-order valence-electron chi connectivity index (χ1n) is 8.26. The number of para-hydroxylation sites is 1. The van der Waals surface area contributed by atoms with E-state index in [4.69, 9.17) is 0 Å². The molecule has 0 saturated heterocycles. The fourth-order valence-corrected chi connectivity index (χ4v) is 4.25. The van der Waals surface area contributed by atoms with Crippen LogP contribution in [0.2, 0.25) is 0 Å². The van der Waals surface area contributed by atoms with E-state index in [0.717, 1.165) is 29.2 Å². The average Bonchev–Trinajstić information content (AvgIpc) is 3.19. The van der Waals surface area contributed by atoms with Crippen molar-refractivity contribution in [2.75, 3.05) is 5.32 Å². The molecule has 2 aromatic rings. The van der Waals surface area contributed by atoms with E-state index in [1.807, 2.05) is 36.4 Å². The van der Waals surface area contributed by atoms with Crippen LogP contribution in [0.15, 0.2) is 54.6 Å². The number of hydrogen-bond donors (Lipinski definition) is 1. The highest BCUT2D eigenvalue weighted by Gasteiger charge is 2.43. The summed E-state index contributed by atoms with van der Waals surface area (Å²) in [4.78, 5) is 12.7. The van der Waals surface area contributed by atoms with Crippen LogP contribution in [0.25, 0.3) is 11.1 Å². The number of hydrogen-bond acceptors (Lipinski definition) is 1. The summed E-state index contributed by atoms with van der Waals surface area (Å²) in [6, 6.07) is 18.3. The van der Waals surface area contributed by atoms with Gasteiger partial charge in [0.15, 0.2) is 0 Å². The molecule has 3 unspecified atom stereocenters. The molecule has 4 rings (SSSR count). The van der Waals surface area contributed by atoms with E-state index < -0.39 is 0 Å². The standard InChI is InChI=1S/C20H21NO/c22-20(18-13-14-10-11-16(18)12-14)21-19-9-5-4-8-17(19)15-6-2-1-3-7-15/h1-9,14,16,18H,10-13H2,(H,21,22). The van der Waals surface area contributed by atoms with Gasteiger partial charge in [0.2, 0.25) is 5.91 Å². The van der Waals surface area contributed by atoms with Crippen LogP contribution in [-0.4, -0.2) is 5.91 Å². The Morgan fingerprint density at radius 1 is 0.909 bits per heavy atom. The van der Waals surface area contributed by atoms with E-state index in [1.165, 1.54) is 19.3 Å². The molecule has 2 aliphatic rings. The molecule has 2 saturated carbocycles. The number of rotatable bonds is 3. The minimum atomic E-state index is 0.218. The van der Waals surface area contributed by atoms with Crippen LogP contribution >= 0.6 is 0 Å². The van der Waals surface area contributed by atoms with Crippen LogP contribution in [0.1, 0.15) is 25.7 Å². The largest absolute Gasteiger partial charge is 0.325 e. The maximum atomic E-state index is 12.7. The summed E-state index contributed by atoms with van der Waals surface area (Å²) in [5.74, 6) is 1.86. The lowest BCUT2D eigenvalue weighted by Crippen LogP contribution is -2.27. The van der Waals surface area contributed by atoms with Gasteiger partial charge in [0.1, 0.15) is 0 Å². The van der Waals surface area contributed by atoms with Crippen molar-refractivity contribution in [3.05, 3.63) is 54.6 Å². The van der Waals surface area contributed by atoms with Crippen LogP contribution in [0.3, 0.4) is 0 Å².